The molecule has 0 aliphatic carbocycles. The van der Waals surface area contributed by atoms with E-state index >= 15 is 0 Å². The molecule has 0 aliphatic heterocycles. The first kappa shape index (κ1) is 19.1. The van der Waals surface area contributed by atoms with Crippen LogP contribution in [0.25, 0.3) is 0 Å². The summed E-state index contributed by atoms with van der Waals surface area (Å²) in [6, 6.07) is 8.60. The molecule has 2 aromatic rings. The molecular formula is C16H16BrClN4O3. The molecule has 0 unspecified atom stereocenters. The van der Waals surface area contributed by atoms with E-state index in [1.165, 1.54) is 0 Å². The van der Waals surface area contributed by atoms with Gasteiger partial charge in [-0.15, -0.1) is 10.2 Å². The Labute approximate surface area is 158 Å². The van der Waals surface area contributed by atoms with E-state index in [-0.39, 0.29) is 18.3 Å². The molecule has 0 spiro atoms. The molecule has 0 saturated carbocycles. The van der Waals surface area contributed by atoms with Crippen molar-refractivity contribution in [3.05, 3.63) is 45.5 Å². The summed E-state index contributed by atoms with van der Waals surface area (Å²) in [6.07, 6.45) is 0. The Morgan fingerprint density at radius 2 is 2.04 bits per heavy atom. The maximum atomic E-state index is 11.9. The van der Waals surface area contributed by atoms with Crippen LogP contribution in [0.2, 0.25) is 5.15 Å². The van der Waals surface area contributed by atoms with Crippen molar-refractivity contribution in [1.29, 1.82) is 0 Å². The van der Waals surface area contributed by atoms with Crippen molar-refractivity contribution in [3.8, 4) is 0 Å². The molecule has 0 aliphatic rings. The summed E-state index contributed by atoms with van der Waals surface area (Å²) in [5.41, 5.74) is 1.62. The molecule has 1 N–H and O–H groups in total. The molecule has 0 radical (unpaired) electrons. The second-order valence-electron chi connectivity index (χ2n) is 5.24. The highest BCUT2D eigenvalue weighted by molar-refractivity contribution is 9.10. The first-order valence-electron chi connectivity index (χ1n) is 7.27. The summed E-state index contributed by atoms with van der Waals surface area (Å²) in [7, 11) is 1.66. The predicted octanol–water partition coefficient (Wildman–Crippen LogP) is 2.82. The van der Waals surface area contributed by atoms with Gasteiger partial charge in [-0.2, -0.15) is 0 Å². The molecule has 1 aromatic heterocycles. The van der Waals surface area contributed by atoms with Crippen molar-refractivity contribution < 1.29 is 14.3 Å². The fourth-order valence-electron chi connectivity index (χ4n) is 1.90. The van der Waals surface area contributed by atoms with Crippen molar-refractivity contribution in [1.82, 2.24) is 10.2 Å². The second kappa shape index (κ2) is 8.77. The van der Waals surface area contributed by atoms with E-state index in [9.17, 15) is 9.59 Å². The summed E-state index contributed by atoms with van der Waals surface area (Å²) in [4.78, 5) is 25.2. The smallest absolute Gasteiger partial charge is 0.326 e. The van der Waals surface area contributed by atoms with Crippen molar-refractivity contribution in [2.45, 2.75) is 6.92 Å². The van der Waals surface area contributed by atoms with Crippen molar-refractivity contribution in [2.75, 3.05) is 30.4 Å². The number of rotatable bonds is 6. The number of hydrogen-bond donors (Lipinski definition) is 1. The number of likely N-dealkylation sites (N-methyl/N-ethyl adjacent to an activating group) is 1. The number of nitrogens with zero attached hydrogens (tertiary/aromatic N) is 3. The van der Waals surface area contributed by atoms with E-state index in [1.54, 1.807) is 30.1 Å². The second-order valence-corrected chi connectivity index (χ2v) is 6.48. The quantitative estimate of drug-likeness (QED) is 0.714. The van der Waals surface area contributed by atoms with E-state index in [1.807, 2.05) is 19.1 Å². The normalized spacial score (nSPS) is 10.2. The number of aryl methyl sites for hydroxylation is 1. The average molecular weight is 428 g/mol. The number of amides is 1. The Kier molecular flexibility index (Phi) is 6.72. The molecule has 0 saturated heterocycles. The minimum absolute atomic E-state index is 0.0685. The van der Waals surface area contributed by atoms with E-state index in [0.29, 0.717) is 11.5 Å². The number of benzene rings is 1. The summed E-state index contributed by atoms with van der Waals surface area (Å²) in [5.74, 6) is -0.499. The molecule has 1 heterocycles. The zero-order valence-electron chi connectivity index (χ0n) is 13.6. The number of anilines is 2. The van der Waals surface area contributed by atoms with Crippen molar-refractivity contribution in [3.63, 3.8) is 0 Å². The van der Waals surface area contributed by atoms with Gasteiger partial charge < -0.3 is 15.0 Å². The van der Waals surface area contributed by atoms with Crippen LogP contribution in [0.3, 0.4) is 0 Å². The van der Waals surface area contributed by atoms with Gasteiger partial charge in [0.2, 0.25) is 0 Å². The lowest BCUT2D eigenvalue weighted by molar-refractivity contribution is -0.145. The fraction of sp³-hybridized carbons (Fsp3) is 0.250. The number of hydrogen-bond acceptors (Lipinski definition) is 6. The highest BCUT2D eigenvalue weighted by Crippen LogP contribution is 2.19. The maximum absolute atomic E-state index is 11.9. The molecule has 0 atom stereocenters. The molecule has 0 bridgehead atoms. The zero-order chi connectivity index (χ0) is 18.4. The van der Waals surface area contributed by atoms with Gasteiger partial charge in [-0.25, -0.2) is 0 Å². The standard InChI is InChI=1S/C16H16BrClN4O3/c1-10-7-11(3-4-12(10)17)19-15(23)9-25-16(24)8-22(2)14-6-5-13(18)20-21-14/h3-7H,8-9H2,1-2H3,(H,19,23). The summed E-state index contributed by atoms with van der Waals surface area (Å²) >= 11 is 9.05. The minimum Gasteiger partial charge on any atom is -0.454 e. The summed E-state index contributed by atoms with van der Waals surface area (Å²) in [6.45, 7) is 1.48. The van der Waals surface area contributed by atoms with Crippen LogP contribution in [0, 0.1) is 6.92 Å². The lowest BCUT2D eigenvalue weighted by Gasteiger charge is -2.16. The van der Waals surface area contributed by atoms with Crippen LogP contribution >= 0.6 is 27.5 Å². The molecule has 7 nitrogen and oxygen atoms in total. The zero-order valence-corrected chi connectivity index (χ0v) is 16.0. The van der Waals surface area contributed by atoms with Gasteiger partial charge in [0.25, 0.3) is 5.91 Å². The number of esters is 1. The fourth-order valence-corrected chi connectivity index (χ4v) is 2.25. The maximum Gasteiger partial charge on any atom is 0.326 e. The van der Waals surface area contributed by atoms with Gasteiger partial charge in [-0.3, -0.25) is 9.59 Å². The van der Waals surface area contributed by atoms with Gasteiger partial charge in [0.05, 0.1) is 0 Å². The third kappa shape index (κ3) is 5.99. The van der Waals surface area contributed by atoms with E-state index in [0.717, 1.165) is 10.0 Å². The van der Waals surface area contributed by atoms with E-state index in [2.05, 4.69) is 31.4 Å². The summed E-state index contributed by atoms with van der Waals surface area (Å²) < 4.78 is 5.92. The van der Waals surface area contributed by atoms with Crippen molar-refractivity contribution >= 4 is 50.9 Å². The third-order valence-corrected chi connectivity index (χ3v) is 4.27. The molecular weight excluding hydrogens is 412 g/mol. The van der Waals surface area contributed by atoms with Gasteiger partial charge in [0.15, 0.2) is 17.6 Å². The molecule has 2 rings (SSSR count). The van der Waals surface area contributed by atoms with Gasteiger partial charge >= 0.3 is 5.97 Å². The average Bonchev–Trinajstić information content (AvgIpc) is 2.57. The highest BCUT2D eigenvalue weighted by atomic mass is 79.9. The molecule has 25 heavy (non-hydrogen) atoms. The lowest BCUT2D eigenvalue weighted by Crippen LogP contribution is -2.30. The van der Waals surface area contributed by atoms with Crippen LogP contribution in [0.5, 0.6) is 0 Å². The largest absolute Gasteiger partial charge is 0.454 e. The Bertz CT molecular complexity index is 770. The molecule has 1 amide bonds. The van der Waals surface area contributed by atoms with Crippen LogP contribution in [0.4, 0.5) is 11.5 Å². The van der Waals surface area contributed by atoms with Gasteiger partial charge in [0.1, 0.15) is 6.54 Å². The first-order valence-corrected chi connectivity index (χ1v) is 8.44. The topological polar surface area (TPSA) is 84.4 Å². The molecule has 0 fully saturated rings. The summed E-state index contributed by atoms with van der Waals surface area (Å²) in [5, 5.41) is 10.5. The van der Waals surface area contributed by atoms with Gasteiger partial charge in [-0.1, -0.05) is 27.5 Å². The Morgan fingerprint density at radius 1 is 1.28 bits per heavy atom. The van der Waals surface area contributed by atoms with Crippen LogP contribution in [-0.4, -0.2) is 42.3 Å². The Morgan fingerprint density at radius 3 is 2.68 bits per heavy atom. The number of aromatic nitrogens is 2. The predicted molar refractivity (Wildman–Crippen MR) is 98.8 cm³/mol. The molecule has 132 valence electrons. The third-order valence-electron chi connectivity index (χ3n) is 3.18. The van der Waals surface area contributed by atoms with E-state index < -0.39 is 11.9 Å². The van der Waals surface area contributed by atoms with Crippen molar-refractivity contribution in [2.24, 2.45) is 0 Å². The Hall–Kier alpha value is -2.19. The van der Waals surface area contributed by atoms with Gasteiger partial charge in [-0.05, 0) is 42.8 Å². The highest BCUT2D eigenvalue weighted by Gasteiger charge is 2.12. The number of halogens is 2. The molecule has 1 aromatic carbocycles. The molecule has 9 heteroatoms. The number of carbonyl (C=O) groups excluding carboxylic acids is 2. The first-order chi connectivity index (χ1) is 11.8. The lowest BCUT2D eigenvalue weighted by atomic mass is 10.2. The van der Waals surface area contributed by atoms with Crippen LogP contribution < -0.4 is 10.2 Å². The van der Waals surface area contributed by atoms with Crippen LogP contribution in [0.15, 0.2) is 34.8 Å². The number of nitrogens with one attached hydrogen (secondary N) is 1. The van der Waals surface area contributed by atoms with Gasteiger partial charge in [0, 0.05) is 17.2 Å². The minimum atomic E-state index is -0.554. The Balaban J connectivity index is 1.79. The number of carbonyl (C=O) groups is 2. The van der Waals surface area contributed by atoms with Crippen LogP contribution in [0.1, 0.15) is 5.56 Å². The van der Waals surface area contributed by atoms with E-state index in [4.69, 9.17) is 16.3 Å². The monoisotopic (exact) mass is 426 g/mol. The van der Waals surface area contributed by atoms with Crippen LogP contribution in [-0.2, 0) is 14.3 Å². The SMILES string of the molecule is Cc1cc(NC(=O)COC(=O)CN(C)c2ccc(Cl)nn2)ccc1Br. The number of ether oxygens (including phenoxy) is 1.